The zero-order chi connectivity index (χ0) is 18.7. The largest absolute Gasteiger partial charge is 0.286 e. The van der Waals surface area contributed by atoms with E-state index in [9.17, 15) is 4.79 Å². The number of benzene rings is 2. The fraction of sp³-hybridized carbons (Fsp3) is 0.333. The number of hydrogen-bond acceptors (Lipinski definition) is 3. The first-order chi connectivity index (χ1) is 13.8. The van der Waals surface area contributed by atoms with Gasteiger partial charge in [0.15, 0.2) is 5.16 Å². The zero-order valence-corrected chi connectivity index (χ0v) is 16.5. The molecule has 2 aliphatic carbocycles. The fourth-order valence-corrected chi connectivity index (χ4v) is 6.67. The number of hydrogen-bond donors (Lipinski definition) is 0. The molecule has 0 amide bonds. The van der Waals surface area contributed by atoms with Gasteiger partial charge in [-0.1, -0.05) is 79.2 Å². The van der Waals surface area contributed by atoms with Gasteiger partial charge in [-0.3, -0.25) is 9.36 Å². The van der Waals surface area contributed by atoms with E-state index in [4.69, 9.17) is 4.98 Å². The van der Waals surface area contributed by atoms with Crippen molar-refractivity contribution < 1.29 is 0 Å². The van der Waals surface area contributed by atoms with E-state index in [1.165, 1.54) is 29.5 Å². The Balaban J connectivity index is 1.55. The van der Waals surface area contributed by atoms with Crippen LogP contribution in [0.5, 0.6) is 0 Å². The van der Waals surface area contributed by atoms with Crippen LogP contribution in [0.1, 0.15) is 47.6 Å². The van der Waals surface area contributed by atoms with Crippen LogP contribution in [-0.2, 0) is 18.4 Å². The van der Waals surface area contributed by atoms with Crippen molar-refractivity contribution in [2.75, 3.05) is 0 Å². The third-order valence-corrected chi connectivity index (χ3v) is 8.02. The van der Waals surface area contributed by atoms with E-state index in [0.29, 0.717) is 0 Å². The normalized spacial score (nSPS) is 21.4. The molecule has 1 aromatic heterocycles. The number of rotatable bonds is 1. The molecule has 28 heavy (non-hydrogen) atoms. The Labute approximate surface area is 168 Å². The molecule has 0 radical (unpaired) electrons. The summed E-state index contributed by atoms with van der Waals surface area (Å²) in [5, 5.41) is 1.14. The smallest absolute Gasteiger partial charge is 0.258 e. The first-order valence-corrected chi connectivity index (χ1v) is 11.1. The van der Waals surface area contributed by atoms with Gasteiger partial charge < -0.3 is 0 Å². The first kappa shape index (κ1) is 16.6. The Morgan fingerprint density at radius 1 is 1.00 bits per heavy atom. The third kappa shape index (κ3) is 2.30. The van der Waals surface area contributed by atoms with Crippen LogP contribution < -0.4 is 5.56 Å². The van der Waals surface area contributed by atoms with E-state index >= 15 is 0 Å². The minimum atomic E-state index is -0.00863. The van der Waals surface area contributed by atoms with E-state index in [-0.39, 0.29) is 16.2 Å². The second-order valence-corrected chi connectivity index (χ2v) is 9.54. The molecule has 3 aromatic rings. The second-order valence-electron chi connectivity index (χ2n) is 8.37. The van der Waals surface area contributed by atoms with Gasteiger partial charge >= 0.3 is 0 Å². The molecule has 1 spiro atoms. The molecule has 1 fully saturated rings. The molecule has 0 N–H and O–H groups in total. The van der Waals surface area contributed by atoms with Gasteiger partial charge in [0.25, 0.3) is 5.56 Å². The average Bonchev–Trinajstić information content (AvgIpc) is 3.36. The van der Waals surface area contributed by atoms with Crippen molar-refractivity contribution in [1.29, 1.82) is 0 Å². The maximum Gasteiger partial charge on any atom is 0.258 e. The highest BCUT2D eigenvalue weighted by Crippen LogP contribution is 2.51. The van der Waals surface area contributed by atoms with Crippen LogP contribution in [0.3, 0.4) is 0 Å². The molecule has 0 bridgehead atoms. The van der Waals surface area contributed by atoms with Crippen molar-refractivity contribution in [3.8, 4) is 11.3 Å². The molecule has 0 unspecified atom stereocenters. The Bertz CT molecular complexity index is 1130. The summed E-state index contributed by atoms with van der Waals surface area (Å²) < 4.78 is 1.95. The van der Waals surface area contributed by atoms with Crippen molar-refractivity contribution in [2.45, 2.75) is 54.5 Å². The molecule has 6 rings (SSSR count). The van der Waals surface area contributed by atoms with Crippen LogP contribution in [0.2, 0.25) is 0 Å². The number of aromatic nitrogens is 2. The Morgan fingerprint density at radius 2 is 1.75 bits per heavy atom. The predicted molar refractivity (Wildman–Crippen MR) is 113 cm³/mol. The van der Waals surface area contributed by atoms with E-state index in [2.05, 4.69) is 48.5 Å². The molecular formula is C24H22N2OS. The highest BCUT2D eigenvalue weighted by molar-refractivity contribution is 7.99. The Kier molecular flexibility index (Phi) is 3.61. The number of fused-ring (bicyclic) bond motifs is 5. The van der Waals surface area contributed by atoms with Gasteiger partial charge in [-0.25, -0.2) is 4.98 Å². The summed E-state index contributed by atoms with van der Waals surface area (Å²) in [6.07, 6.45) is 5.63. The highest BCUT2D eigenvalue weighted by Gasteiger charge is 2.45. The molecule has 1 saturated carbocycles. The summed E-state index contributed by atoms with van der Waals surface area (Å²) in [6.45, 7) is 0.723. The summed E-state index contributed by atoms with van der Waals surface area (Å²) in [5.74, 6) is 0. The van der Waals surface area contributed by atoms with E-state index in [0.717, 1.165) is 42.2 Å². The van der Waals surface area contributed by atoms with Gasteiger partial charge in [-0.2, -0.15) is 0 Å². The van der Waals surface area contributed by atoms with Crippen LogP contribution in [0.25, 0.3) is 11.3 Å². The second kappa shape index (κ2) is 6.08. The minimum absolute atomic E-state index is 0.00863. The molecule has 140 valence electrons. The SMILES string of the molecule is O=c1c2c(nc3n1C[C@H](c1ccccc1)S3)-c1ccccc1CC21CCCC1. The number of nitrogens with zero attached hydrogens (tertiary/aromatic N) is 2. The monoisotopic (exact) mass is 386 g/mol. The van der Waals surface area contributed by atoms with Crippen LogP contribution in [0.15, 0.2) is 64.5 Å². The van der Waals surface area contributed by atoms with E-state index in [1.807, 2.05) is 10.6 Å². The van der Waals surface area contributed by atoms with Gasteiger partial charge in [0.1, 0.15) is 0 Å². The maximum atomic E-state index is 13.8. The molecule has 3 nitrogen and oxygen atoms in total. The predicted octanol–water partition coefficient (Wildman–Crippen LogP) is 5.13. The van der Waals surface area contributed by atoms with Crippen LogP contribution in [-0.4, -0.2) is 9.55 Å². The molecule has 2 aromatic carbocycles. The molecule has 3 aliphatic rings. The summed E-state index contributed by atoms with van der Waals surface area (Å²) in [5.41, 5.74) is 5.96. The van der Waals surface area contributed by atoms with Crippen molar-refractivity contribution >= 4 is 11.8 Å². The maximum absolute atomic E-state index is 13.8. The van der Waals surface area contributed by atoms with Gasteiger partial charge in [-0.15, -0.1) is 0 Å². The standard InChI is InChI=1S/C24H22N2OS/c27-22-20-21(18-11-5-4-10-17(18)14-24(20)12-6-7-13-24)25-23-26(22)15-19(28-23)16-8-2-1-3-9-16/h1-5,8-11,19H,6-7,12-15H2/t19-/m1/s1. The Hall–Kier alpha value is -2.33. The van der Waals surface area contributed by atoms with Crippen LogP contribution in [0.4, 0.5) is 0 Å². The molecule has 0 saturated heterocycles. The molecule has 4 heteroatoms. The van der Waals surface area contributed by atoms with Crippen LogP contribution in [0, 0.1) is 0 Å². The van der Waals surface area contributed by atoms with Crippen molar-refractivity contribution in [1.82, 2.24) is 9.55 Å². The fourth-order valence-electron chi connectivity index (χ4n) is 5.47. The average molecular weight is 387 g/mol. The molecule has 1 atom stereocenters. The van der Waals surface area contributed by atoms with Gasteiger partial charge in [0, 0.05) is 17.5 Å². The first-order valence-electron chi connectivity index (χ1n) is 10.2. The molecule has 2 heterocycles. The third-order valence-electron chi connectivity index (χ3n) is 6.79. The number of thioether (sulfide) groups is 1. The summed E-state index contributed by atoms with van der Waals surface area (Å²) >= 11 is 1.73. The van der Waals surface area contributed by atoms with E-state index in [1.54, 1.807) is 11.8 Å². The minimum Gasteiger partial charge on any atom is -0.286 e. The van der Waals surface area contributed by atoms with Gasteiger partial charge in [0.05, 0.1) is 16.5 Å². The lowest BCUT2D eigenvalue weighted by atomic mass is 9.68. The topological polar surface area (TPSA) is 34.9 Å². The van der Waals surface area contributed by atoms with Gasteiger partial charge in [0.2, 0.25) is 0 Å². The molecular weight excluding hydrogens is 364 g/mol. The van der Waals surface area contributed by atoms with Crippen molar-refractivity contribution in [3.05, 3.63) is 81.6 Å². The summed E-state index contributed by atoms with van der Waals surface area (Å²) in [7, 11) is 0. The summed E-state index contributed by atoms with van der Waals surface area (Å²) in [4.78, 5) is 18.9. The Morgan fingerprint density at radius 3 is 2.57 bits per heavy atom. The highest BCUT2D eigenvalue weighted by atomic mass is 32.2. The molecule has 1 aliphatic heterocycles. The van der Waals surface area contributed by atoms with E-state index < -0.39 is 0 Å². The quantitative estimate of drug-likeness (QED) is 0.544. The lowest BCUT2D eigenvalue weighted by Crippen LogP contribution is -2.39. The lowest BCUT2D eigenvalue weighted by molar-refractivity contribution is 0.417. The zero-order valence-electron chi connectivity index (χ0n) is 15.7. The van der Waals surface area contributed by atoms with Crippen molar-refractivity contribution in [2.24, 2.45) is 0 Å². The van der Waals surface area contributed by atoms with Crippen molar-refractivity contribution in [3.63, 3.8) is 0 Å². The summed E-state index contributed by atoms with van der Waals surface area (Å²) in [6, 6.07) is 19.1. The lowest BCUT2D eigenvalue weighted by Gasteiger charge is -2.36. The van der Waals surface area contributed by atoms with Gasteiger partial charge in [-0.05, 0) is 30.4 Å². The van der Waals surface area contributed by atoms with Crippen LogP contribution >= 0.6 is 11.8 Å².